The Labute approximate surface area is 81.9 Å². The lowest BCUT2D eigenvalue weighted by Gasteiger charge is -2.04. The van der Waals surface area contributed by atoms with Gasteiger partial charge in [0.1, 0.15) is 4.60 Å². The molecule has 0 saturated heterocycles. The first-order valence-corrected chi connectivity index (χ1v) is 4.30. The molecule has 0 atom stereocenters. The number of halogens is 4. The molecule has 0 spiro atoms. The van der Waals surface area contributed by atoms with Gasteiger partial charge in [-0.25, -0.2) is 13.8 Å². The summed E-state index contributed by atoms with van der Waals surface area (Å²) in [5.41, 5.74) is 0.171. The lowest BCUT2D eigenvalue weighted by atomic mass is 10.2. The first kappa shape index (κ1) is 9.86. The van der Waals surface area contributed by atoms with Gasteiger partial charge in [0, 0.05) is 11.3 Å². The second-order valence-electron chi connectivity index (χ2n) is 2.24. The number of alkyl halides is 2. The van der Waals surface area contributed by atoms with Crippen LogP contribution in [0.5, 0.6) is 0 Å². The minimum Gasteiger partial charge on any atom is -0.244 e. The van der Waals surface area contributed by atoms with E-state index in [0.29, 0.717) is 10.3 Å². The maximum atomic E-state index is 12.2. The highest BCUT2D eigenvalue weighted by Gasteiger charge is 2.13. The number of aromatic nitrogens is 1. The minimum absolute atomic E-state index is 0.122. The molecule has 5 heteroatoms. The van der Waals surface area contributed by atoms with E-state index in [2.05, 4.69) is 20.9 Å². The Balaban J connectivity index is 3.23. The van der Waals surface area contributed by atoms with Crippen LogP contribution in [-0.2, 0) is 0 Å². The van der Waals surface area contributed by atoms with Gasteiger partial charge in [0.2, 0.25) is 0 Å². The lowest BCUT2D eigenvalue weighted by Crippen LogP contribution is -1.93. The molecule has 1 heterocycles. The predicted octanol–water partition coefficient (Wildman–Crippen LogP) is 3.74. The fraction of sp³-hybridized carbons (Fsp3) is 0.286. The van der Waals surface area contributed by atoms with Crippen LogP contribution in [0.3, 0.4) is 0 Å². The molecular weight excluding hydrogens is 251 g/mol. The van der Waals surface area contributed by atoms with E-state index in [-0.39, 0.29) is 10.6 Å². The SMILES string of the molecule is Cc1nc(Br)c(Cl)cc1C(F)F. The van der Waals surface area contributed by atoms with Crippen molar-refractivity contribution < 1.29 is 8.78 Å². The zero-order chi connectivity index (χ0) is 9.30. The molecule has 0 N–H and O–H groups in total. The third kappa shape index (κ3) is 1.93. The van der Waals surface area contributed by atoms with Crippen LogP contribution in [0.1, 0.15) is 17.7 Å². The first-order valence-electron chi connectivity index (χ1n) is 3.13. The molecule has 0 unspecified atom stereocenters. The van der Waals surface area contributed by atoms with E-state index >= 15 is 0 Å². The summed E-state index contributed by atoms with van der Waals surface area (Å²) in [6.45, 7) is 1.52. The number of aryl methyl sites for hydroxylation is 1. The Bertz CT molecular complexity index is 304. The highest BCUT2D eigenvalue weighted by molar-refractivity contribution is 9.10. The molecule has 0 aromatic carbocycles. The Morgan fingerprint density at radius 2 is 2.17 bits per heavy atom. The molecule has 1 rings (SSSR count). The highest BCUT2D eigenvalue weighted by atomic mass is 79.9. The van der Waals surface area contributed by atoms with Crippen LogP contribution in [0, 0.1) is 6.92 Å². The van der Waals surface area contributed by atoms with Crippen molar-refractivity contribution in [1.82, 2.24) is 4.98 Å². The summed E-state index contributed by atoms with van der Waals surface area (Å²) in [5, 5.41) is 0.205. The maximum absolute atomic E-state index is 12.2. The smallest absolute Gasteiger partial charge is 0.244 e. The third-order valence-corrected chi connectivity index (χ3v) is 2.52. The van der Waals surface area contributed by atoms with Gasteiger partial charge in [0.15, 0.2) is 0 Å². The lowest BCUT2D eigenvalue weighted by molar-refractivity contribution is 0.150. The van der Waals surface area contributed by atoms with Crippen molar-refractivity contribution in [3.8, 4) is 0 Å². The minimum atomic E-state index is -2.52. The Kier molecular flexibility index (Phi) is 3.01. The van der Waals surface area contributed by atoms with E-state index in [1.807, 2.05) is 0 Å². The zero-order valence-corrected chi connectivity index (χ0v) is 8.46. The van der Waals surface area contributed by atoms with Crippen LogP contribution in [0.2, 0.25) is 5.02 Å². The van der Waals surface area contributed by atoms with Crippen molar-refractivity contribution in [2.24, 2.45) is 0 Å². The second kappa shape index (κ2) is 3.66. The summed E-state index contributed by atoms with van der Waals surface area (Å²) >= 11 is 8.63. The molecule has 1 nitrogen and oxygen atoms in total. The summed E-state index contributed by atoms with van der Waals surface area (Å²) in [6.07, 6.45) is -2.52. The maximum Gasteiger partial charge on any atom is 0.265 e. The van der Waals surface area contributed by atoms with Crippen molar-refractivity contribution in [2.75, 3.05) is 0 Å². The van der Waals surface area contributed by atoms with Crippen LogP contribution in [-0.4, -0.2) is 4.98 Å². The van der Waals surface area contributed by atoms with E-state index in [0.717, 1.165) is 0 Å². The van der Waals surface area contributed by atoms with Crippen LogP contribution < -0.4 is 0 Å². The largest absolute Gasteiger partial charge is 0.265 e. The second-order valence-corrected chi connectivity index (χ2v) is 3.39. The normalized spacial score (nSPS) is 10.8. The number of hydrogen-bond donors (Lipinski definition) is 0. The Morgan fingerprint density at radius 3 is 2.67 bits per heavy atom. The zero-order valence-electron chi connectivity index (χ0n) is 6.11. The van der Waals surface area contributed by atoms with Crippen molar-refractivity contribution in [3.05, 3.63) is 26.9 Å². The number of pyridine rings is 1. The van der Waals surface area contributed by atoms with Gasteiger partial charge in [0.25, 0.3) is 6.43 Å². The van der Waals surface area contributed by atoms with E-state index in [1.165, 1.54) is 13.0 Å². The fourth-order valence-corrected chi connectivity index (χ4v) is 1.33. The van der Waals surface area contributed by atoms with Crippen molar-refractivity contribution in [1.29, 1.82) is 0 Å². The third-order valence-electron chi connectivity index (χ3n) is 1.40. The molecule has 0 amide bonds. The van der Waals surface area contributed by atoms with Crippen LogP contribution in [0.4, 0.5) is 8.78 Å². The number of nitrogens with zero attached hydrogens (tertiary/aromatic N) is 1. The average Bonchev–Trinajstić information content (AvgIpc) is 1.96. The Morgan fingerprint density at radius 1 is 1.58 bits per heavy atom. The van der Waals surface area contributed by atoms with E-state index in [9.17, 15) is 8.78 Å². The molecule has 0 bridgehead atoms. The molecule has 12 heavy (non-hydrogen) atoms. The fourth-order valence-electron chi connectivity index (χ4n) is 0.787. The standard InChI is InChI=1S/C7H5BrClF2N/c1-3-4(7(10)11)2-5(9)6(8)12-3/h2,7H,1H3. The number of rotatable bonds is 1. The summed E-state index contributed by atoms with van der Waals surface area (Å²) < 4.78 is 24.8. The molecule has 0 radical (unpaired) electrons. The predicted molar refractivity (Wildman–Crippen MR) is 46.6 cm³/mol. The van der Waals surface area contributed by atoms with Crippen molar-refractivity contribution in [3.63, 3.8) is 0 Å². The van der Waals surface area contributed by atoms with Crippen LogP contribution in [0.25, 0.3) is 0 Å². The molecular formula is C7H5BrClF2N. The number of hydrogen-bond acceptors (Lipinski definition) is 1. The van der Waals surface area contributed by atoms with E-state index < -0.39 is 6.43 Å². The first-order chi connectivity index (χ1) is 5.52. The summed E-state index contributed by atoms with van der Waals surface area (Å²) in [5.74, 6) is 0. The highest BCUT2D eigenvalue weighted by Crippen LogP contribution is 2.28. The summed E-state index contributed by atoms with van der Waals surface area (Å²) in [4.78, 5) is 3.80. The molecule has 1 aromatic heterocycles. The molecule has 0 aliphatic rings. The quantitative estimate of drug-likeness (QED) is 0.698. The van der Waals surface area contributed by atoms with Gasteiger partial charge in [0.05, 0.1) is 5.02 Å². The topological polar surface area (TPSA) is 12.9 Å². The molecule has 0 saturated carbocycles. The van der Waals surface area contributed by atoms with Gasteiger partial charge in [-0.15, -0.1) is 0 Å². The van der Waals surface area contributed by atoms with E-state index in [4.69, 9.17) is 11.6 Å². The van der Waals surface area contributed by atoms with Gasteiger partial charge < -0.3 is 0 Å². The van der Waals surface area contributed by atoms with Crippen LogP contribution in [0.15, 0.2) is 10.7 Å². The molecule has 0 aliphatic heterocycles. The summed E-state index contributed by atoms with van der Waals surface area (Å²) in [7, 11) is 0. The van der Waals surface area contributed by atoms with Gasteiger partial charge in [-0.1, -0.05) is 11.6 Å². The van der Waals surface area contributed by atoms with Crippen molar-refractivity contribution in [2.45, 2.75) is 13.3 Å². The summed E-state index contributed by atoms with van der Waals surface area (Å²) in [6, 6.07) is 1.22. The van der Waals surface area contributed by atoms with Gasteiger partial charge in [-0.2, -0.15) is 0 Å². The van der Waals surface area contributed by atoms with Crippen molar-refractivity contribution >= 4 is 27.5 Å². The monoisotopic (exact) mass is 255 g/mol. The molecule has 0 aliphatic carbocycles. The average molecular weight is 256 g/mol. The van der Waals surface area contributed by atoms with Gasteiger partial charge in [-0.3, -0.25) is 0 Å². The van der Waals surface area contributed by atoms with Crippen LogP contribution >= 0.6 is 27.5 Å². The molecule has 0 fully saturated rings. The van der Waals surface area contributed by atoms with Gasteiger partial charge in [-0.05, 0) is 28.9 Å². The van der Waals surface area contributed by atoms with Gasteiger partial charge >= 0.3 is 0 Å². The molecule has 66 valence electrons. The molecule has 1 aromatic rings. The van der Waals surface area contributed by atoms with E-state index in [1.54, 1.807) is 0 Å². The Hall–Kier alpha value is -0.220.